The van der Waals surface area contributed by atoms with Crippen molar-refractivity contribution in [3.63, 3.8) is 0 Å². The maximum atomic E-state index is 13.1. The highest BCUT2D eigenvalue weighted by atomic mass is 35.5. The van der Waals surface area contributed by atoms with Gasteiger partial charge in [-0.05, 0) is 48.5 Å². The molecule has 0 aliphatic carbocycles. The third-order valence-electron chi connectivity index (χ3n) is 7.30. The number of amides is 2. The Labute approximate surface area is 302 Å². The molecule has 0 unspecified atom stereocenters. The number of esters is 1. The topological polar surface area (TPSA) is 191 Å². The van der Waals surface area contributed by atoms with Crippen LogP contribution < -0.4 is 10.6 Å². The molecule has 0 saturated carbocycles. The summed E-state index contributed by atoms with van der Waals surface area (Å²) in [5.74, 6) is -2.49. The van der Waals surface area contributed by atoms with Gasteiger partial charge in [0.05, 0.1) is 69.0 Å². The summed E-state index contributed by atoms with van der Waals surface area (Å²) >= 11 is 13.3. The minimum absolute atomic E-state index is 0.00928. The average molecular weight is 789 g/mol. The van der Waals surface area contributed by atoms with Crippen LogP contribution in [0.4, 0.5) is 11.4 Å². The van der Waals surface area contributed by atoms with Crippen molar-refractivity contribution in [3.8, 4) is 0 Å². The van der Waals surface area contributed by atoms with Gasteiger partial charge in [-0.15, -0.1) is 0 Å². The maximum absolute atomic E-state index is 13.1. The largest absolute Gasteiger partial charge is 0.452 e. The summed E-state index contributed by atoms with van der Waals surface area (Å²) in [5.41, 5.74) is 0.0731. The number of hydrogen-bond acceptors (Lipinski definition) is 12. The van der Waals surface area contributed by atoms with Crippen molar-refractivity contribution in [1.82, 2.24) is 13.6 Å². The molecule has 0 radical (unpaired) electrons. The number of ether oxygens (including phenoxy) is 3. The number of halogens is 2. The van der Waals surface area contributed by atoms with E-state index in [2.05, 4.69) is 15.6 Å². The van der Waals surface area contributed by atoms with Crippen LogP contribution in [0.2, 0.25) is 10.0 Å². The molecule has 0 spiro atoms. The average Bonchev–Trinajstić information content (AvgIpc) is 3.12. The Bertz CT molecular complexity index is 1970. The van der Waals surface area contributed by atoms with Crippen LogP contribution in [0.15, 0.2) is 69.5 Å². The lowest BCUT2D eigenvalue weighted by molar-refractivity contribution is -0.119. The van der Waals surface area contributed by atoms with Crippen molar-refractivity contribution in [2.24, 2.45) is 0 Å². The van der Waals surface area contributed by atoms with Crippen LogP contribution in [0.3, 0.4) is 0 Å². The number of aromatic nitrogens is 1. The van der Waals surface area contributed by atoms with E-state index < -0.39 is 44.4 Å². The lowest BCUT2D eigenvalue weighted by Gasteiger charge is -2.26. The van der Waals surface area contributed by atoms with Crippen molar-refractivity contribution in [1.29, 1.82) is 0 Å². The van der Waals surface area contributed by atoms with E-state index in [4.69, 9.17) is 37.4 Å². The number of hydrogen-bond donors (Lipinski definition) is 2. The highest BCUT2D eigenvalue weighted by molar-refractivity contribution is 8.00. The molecule has 3 aromatic rings. The van der Waals surface area contributed by atoms with Crippen LogP contribution in [-0.4, -0.2) is 113 Å². The summed E-state index contributed by atoms with van der Waals surface area (Å²) in [5, 5.41) is 5.38. The van der Waals surface area contributed by atoms with E-state index in [-0.39, 0.29) is 100 Å². The summed E-state index contributed by atoms with van der Waals surface area (Å²) in [6.45, 7) is 1.12. The molecule has 2 aromatic carbocycles. The number of thioether (sulfide) groups is 1. The highest BCUT2D eigenvalue weighted by Crippen LogP contribution is 2.29. The number of anilines is 2. The maximum Gasteiger partial charge on any atom is 0.341 e. The van der Waals surface area contributed by atoms with Gasteiger partial charge in [0.2, 0.25) is 26.0 Å². The Morgan fingerprint density at radius 1 is 0.780 bits per heavy atom. The van der Waals surface area contributed by atoms with Crippen molar-refractivity contribution in [2.75, 3.05) is 75.6 Å². The summed E-state index contributed by atoms with van der Waals surface area (Å²) in [6, 6.07) is 10.8. The number of sulfonamides is 2. The van der Waals surface area contributed by atoms with Crippen LogP contribution in [0.1, 0.15) is 10.4 Å². The van der Waals surface area contributed by atoms with Gasteiger partial charge < -0.3 is 24.8 Å². The molecule has 20 heteroatoms. The predicted molar refractivity (Wildman–Crippen MR) is 185 cm³/mol. The van der Waals surface area contributed by atoms with Crippen molar-refractivity contribution in [3.05, 3.63) is 70.3 Å². The smallest absolute Gasteiger partial charge is 0.341 e. The van der Waals surface area contributed by atoms with Gasteiger partial charge in [-0.2, -0.15) is 8.61 Å². The van der Waals surface area contributed by atoms with E-state index in [0.29, 0.717) is 0 Å². The molecule has 2 amide bonds. The first kappa shape index (κ1) is 37.9. The molecule has 2 fully saturated rings. The second kappa shape index (κ2) is 16.8. The second-order valence-electron chi connectivity index (χ2n) is 10.6. The number of morpholine rings is 2. The van der Waals surface area contributed by atoms with E-state index in [1.807, 2.05) is 0 Å². The summed E-state index contributed by atoms with van der Waals surface area (Å²) in [4.78, 5) is 42.5. The van der Waals surface area contributed by atoms with Gasteiger partial charge in [-0.25, -0.2) is 26.6 Å². The summed E-state index contributed by atoms with van der Waals surface area (Å²) in [6.07, 6.45) is 1.40. The van der Waals surface area contributed by atoms with E-state index in [9.17, 15) is 31.2 Å². The lowest BCUT2D eigenvalue weighted by Crippen LogP contribution is -2.40. The van der Waals surface area contributed by atoms with E-state index in [0.717, 1.165) is 11.8 Å². The minimum atomic E-state index is -3.86. The molecular formula is C30H31Cl2N5O10S3. The Kier molecular flexibility index (Phi) is 12.7. The quantitative estimate of drug-likeness (QED) is 0.202. The van der Waals surface area contributed by atoms with Gasteiger partial charge in [0.25, 0.3) is 5.91 Å². The molecule has 0 bridgehead atoms. The number of carbonyl (C=O) groups is 3. The first-order chi connectivity index (χ1) is 23.9. The number of nitrogens with zero attached hydrogens (tertiary/aromatic N) is 3. The monoisotopic (exact) mass is 787 g/mol. The van der Waals surface area contributed by atoms with E-state index in [1.165, 1.54) is 63.3 Å². The van der Waals surface area contributed by atoms with Crippen molar-refractivity contribution >= 4 is 84.2 Å². The van der Waals surface area contributed by atoms with E-state index >= 15 is 0 Å². The van der Waals surface area contributed by atoms with Crippen LogP contribution in [0.5, 0.6) is 0 Å². The molecule has 2 saturated heterocycles. The molecule has 0 atom stereocenters. The number of rotatable bonds is 12. The molecule has 268 valence electrons. The van der Waals surface area contributed by atoms with Crippen molar-refractivity contribution in [2.45, 2.75) is 14.8 Å². The number of benzene rings is 2. The number of carbonyl (C=O) groups excluding carboxylic acids is 3. The highest BCUT2D eigenvalue weighted by Gasteiger charge is 2.29. The van der Waals surface area contributed by atoms with Gasteiger partial charge in [0.1, 0.15) is 5.03 Å². The third kappa shape index (κ3) is 9.31. The van der Waals surface area contributed by atoms with Crippen LogP contribution in [-0.2, 0) is 43.8 Å². The summed E-state index contributed by atoms with van der Waals surface area (Å²) in [7, 11) is -7.70. The molecule has 50 heavy (non-hydrogen) atoms. The molecule has 2 aliphatic rings. The molecule has 5 rings (SSSR count). The first-order valence-corrected chi connectivity index (χ1v) is 19.6. The van der Waals surface area contributed by atoms with Crippen LogP contribution in [0.25, 0.3) is 0 Å². The van der Waals surface area contributed by atoms with Crippen LogP contribution >= 0.6 is 35.0 Å². The molecular weight excluding hydrogens is 757 g/mol. The van der Waals surface area contributed by atoms with Gasteiger partial charge in [0.15, 0.2) is 6.61 Å². The normalized spacial score (nSPS) is 16.0. The van der Waals surface area contributed by atoms with Gasteiger partial charge in [-0.3, -0.25) is 9.59 Å². The Morgan fingerprint density at radius 2 is 1.28 bits per heavy atom. The van der Waals surface area contributed by atoms with Gasteiger partial charge in [-0.1, -0.05) is 35.0 Å². The molecule has 15 nitrogen and oxygen atoms in total. The first-order valence-electron chi connectivity index (χ1n) is 15.0. The number of nitrogens with one attached hydrogen (secondary N) is 2. The zero-order valence-corrected chi connectivity index (χ0v) is 30.1. The second-order valence-corrected chi connectivity index (χ2v) is 16.3. The fourth-order valence-electron chi connectivity index (χ4n) is 4.77. The fraction of sp³-hybridized carbons (Fsp3) is 0.333. The standard InChI is InChI=1S/C30H31Cl2N5O10S3/c31-23-5-3-20(49(41,42)36-8-12-45-13-9-36)16-25(23)34-27(38)18-47-30(40)22-2-1-7-33-29(22)48-19-28(39)35-26-17-21(4-6-24(26)32)50(43,44)37-10-14-46-15-11-37/h1-7,16-17H,8-15,18-19H2,(H,34,38)(H,35,39). The van der Waals surface area contributed by atoms with Crippen molar-refractivity contribution < 1.29 is 45.4 Å². The Morgan fingerprint density at radius 3 is 1.80 bits per heavy atom. The Balaban J connectivity index is 1.17. The predicted octanol–water partition coefficient (Wildman–Crippen LogP) is 2.96. The lowest BCUT2D eigenvalue weighted by atomic mass is 10.3. The van der Waals surface area contributed by atoms with Gasteiger partial charge >= 0.3 is 5.97 Å². The minimum Gasteiger partial charge on any atom is -0.452 e. The molecule has 2 N–H and O–H groups in total. The van der Waals surface area contributed by atoms with Gasteiger partial charge in [0, 0.05) is 32.4 Å². The molecule has 1 aromatic heterocycles. The zero-order chi connectivity index (χ0) is 35.9. The van der Waals surface area contributed by atoms with E-state index in [1.54, 1.807) is 0 Å². The molecule has 3 heterocycles. The van der Waals surface area contributed by atoms with Crippen LogP contribution in [0, 0.1) is 0 Å². The number of pyridine rings is 1. The fourth-order valence-corrected chi connectivity index (χ4v) is 8.75. The molecule has 2 aliphatic heterocycles. The Hall–Kier alpha value is -3.33. The zero-order valence-electron chi connectivity index (χ0n) is 26.2. The third-order valence-corrected chi connectivity index (χ3v) is 12.8. The SMILES string of the molecule is O=C(COC(=O)c1cccnc1SCC(=O)Nc1cc(S(=O)(=O)N2CCOCC2)ccc1Cl)Nc1cc(S(=O)(=O)N2CCOCC2)ccc1Cl. The summed E-state index contributed by atoms with van der Waals surface area (Å²) < 4.78 is 70.3.